The van der Waals surface area contributed by atoms with Gasteiger partial charge in [-0.15, -0.1) is 0 Å². The third kappa shape index (κ3) is 2.22. The van der Waals surface area contributed by atoms with Crippen molar-refractivity contribution in [3.05, 3.63) is 23.8 Å². The Morgan fingerprint density at radius 2 is 2.13 bits per heavy atom. The van der Waals surface area contributed by atoms with Crippen LogP contribution in [0.1, 0.15) is 24.4 Å². The average molecular weight is 209 g/mol. The second-order valence-electron chi connectivity index (χ2n) is 3.59. The Morgan fingerprint density at radius 3 is 2.93 bits per heavy atom. The highest BCUT2D eigenvalue weighted by Gasteiger charge is 2.15. The second-order valence-corrected chi connectivity index (χ2v) is 3.59. The summed E-state index contributed by atoms with van der Waals surface area (Å²) >= 11 is 0. The number of benzene rings is 1. The Balaban J connectivity index is 2.08. The summed E-state index contributed by atoms with van der Waals surface area (Å²) in [7, 11) is 0. The van der Waals surface area contributed by atoms with E-state index in [2.05, 4.69) is 0 Å². The van der Waals surface area contributed by atoms with Gasteiger partial charge in [0.05, 0.1) is 0 Å². The van der Waals surface area contributed by atoms with Crippen LogP contribution in [0.5, 0.6) is 11.5 Å². The van der Waals surface area contributed by atoms with E-state index in [1.807, 2.05) is 18.2 Å². The van der Waals surface area contributed by atoms with Crippen molar-refractivity contribution in [2.45, 2.75) is 18.9 Å². The van der Waals surface area contributed by atoms with Gasteiger partial charge in [0, 0.05) is 12.6 Å². The molecule has 2 rings (SSSR count). The zero-order chi connectivity index (χ0) is 10.7. The number of aliphatic hydroxyl groups is 1. The highest BCUT2D eigenvalue weighted by Crippen LogP contribution is 2.34. The van der Waals surface area contributed by atoms with E-state index in [0.717, 1.165) is 29.9 Å². The van der Waals surface area contributed by atoms with E-state index >= 15 is 0 Å². The summed E-state index contributed by atoms with van der Waals surface area (Å²) in [5, 5.41) is 8.72. The van der Waals surface area contributed by atoms with Gasteiger partial charge in [-0.3, -0.25) is 0 Å². The van der Waals surface area contributed by atoms with Crippen LogP contribution in [0.3, 0.4) is 0 Å². The van der Waals surface area contributed by atoms with Crippen molar-refractivity contribution in [2.24, 2.45) is 5.73 Å². The molecule has 1 atom stereocenters. The van der Waals surface area contributed by atoms with Crippen molar-refractivity contribution in [3.8, 4) is 11.5 Å². The van der Waals surface area contributed by atoms with Crippen LogP contribution in [0.25, 0.3) is 0 Å². The zero-order valence-electron chi connectivity index (χ0n) is 8.48. The lowest BCUT2D eigenvalue weighted by Gasteiger charge is -2.11. The third-order valence-corrected chi connectivity index (χ3v) is 2.50. The molecular weight excluding hydrogens is 194 g/mol. The molecule has 0 aromatic heterocycles. The Bertz CT molecular complexity index is 341. The smallest absolute Gasteiger partial charge is 0.231 e. The van der Waals surface area contributed by atoms with Gasteiger partial charge in [0.1, 0.15) is 0 Å². The second kappa shape index (κ2) is 4.51. The SMILES string of the molecule is N[C@H](CCCO)c1ccc2c(c1)OCO2. The molecule has 0 unspecified atom stereocenters. The van der Waals surface area contributed by atoms with Crippen LogP contribution in [0, 0.1) is 0 Å². The van der Waals surface area contributed by atoms with Crippen LogP contribution in [0.4, 0.5) is 0 Å². The topological polar surface area (TPSA) is 64.7 Å². The molecule has 0 saturated carbocycles. The molecule has 1 aliphatic rings. The molecule has 0 amide bonds. The molecule has 0 radical (unpaired) electrons. The van der Waals surface area contributed by atoms with E-state index in [1.54, 1.807) is 0 Å². The van der Waals surface area contributed by atoms with Crippen molar-refractivity contribution in [2.75, 3.05) is 13.4 Å². The number of aliphatic hydroxyl groups excluding tert-OH is 1. The van der Waals surface area contributed by atoms with Crippen LogP contribution in [0.15, 0.2) is 18.2 Å². The van der Waals surface area contributed by atoms with Crippen molar-refractivity contribution in [1.29, 1.82) is 0 Å². The van der Waals surface area contributed by atoms with Gasteiger partial charge >= 0.3 is 0 Å². The van der Waals surface area contributed by atoms with Crippen LogP contribution in [-0.4, -0.2) is 18.5 Å². The molecule has 0 aliphatic carbocycles. The zero-order valence-corrected chi connectivity index (χ0v) is 8.48. The number of fused-ring (bicyclic) bond motifs is 1. The maximum absolute atomic E-state index is 8.72. The van der Waals surface area contributed by atoms with Crippen LogP contribution < -0.4 is 15.2 Å². The first kappa shape index (κ1) is 10.3. The maximum Gasteiger partial charge on any atom is 0.231 e. The summed E-state index contributed by atoms with van der Waals surface area (Å²) in [6.07, 6.45) is 1.49. The molecule has 82 valence electrons. The summed E-state index contributed by atoms with van der Waals surface area (Å²) in [6, 6.07) is 5.67. The molecular formula is C11H15NO3. The van der Waals surface area contributed by atoms with Gasteiger partial charge in [0.25, 0.3) is 0 Å². The summed E-state index contributed by atoms with van der Waals surface area (Å²) in [6.45, 7) is 0.461. The van der Waals surface area contributed by atoms with Crippen LogP contribution in [-0.2, 0) is 0 Å². The van der Waals surface area contributed by atoms with E-state index in [0.29, 0.717) is 0 Å². The first-order valence-corrected chi connectivity index (χ1v) is 5.07. The normalized spacial score (nSPS) is 15.3. The minimum atomic E-state index is -0.0494. The van der Waals surface area contributed by atoms with Gasteiger partial charge in [-0.25, -0.2) is 0 Å². The maximum atomic E-state index is 8.72. The quantitative estimate of drug-likeness (QED) is 0.781. The van der Waals surface area contributed by atoms with Crippen LogP contribution >= 0.6 is 0 Å². The van der Waals surface area contributed by atoms with Gasteiger partial charge in [0.2, 0.25) is 6.79 Å². The highest BCUT2D eigenvalue weighted by molar-refractivity contribution is 5.45. The van der Waals surface area contributed by atoms with Crippen molar-refractivity contribution in [1.82, 2.24) is 0 Å². The molecule has 1 aliphatic heterocycles. The first-order valence-electron chi connectivity index (χ1n) is 5.07. The Labute approximate surface area is 88.6 Å². The van der Waals surface area contributed by atoms with E-state index in [-0.39, 0.29) is 19.4 Å². The fraction of sp³-hybridized carbons (Fsp3) is 0.455. The molecule has 0 fully saturated rings. The molecule has 0 bridgehead atoms. The number of ether oxygens (including phenoxy) is 2. The van der Waals surface area contributed by atoms with E-state index in [1.165, 1.54) is 0 Å². The largest absolute Gasteiger partial charge is 0.454 e. The van der Waals surface area contributed by atoms with E-state index < -0.39 is 0 Å². The molecule has 0 saturated heterocycles. The fourth-order valence-electron chi connectivity index (χ4n) is 1.62. The fourth-order valence-corrected chi connectivity index (χ4v) is 1.62. The number of hydrogen-bond donors (Lipinski definition) is 2. The lowest BCUT2D eigenvalue weighted by Crippen LogP contribution is -2.10. The van der Waals surface area contributed by atoms with Gasteiger partial charge < -0.3 is 20.3 Å². The average Bonchev–Trinajstić information content (AvgIpc) is 2.72. The molecule has 0 spiro atoms. The molecule has 3 N–H and O–H groups in total. The van der Waals surface area contributed by atoms with Crippen molar-refractivity contribution < 1.29 is 14.6 Å². The summed E-state index contributed by atoms with van der Waals surface area (Å²) in [5.74, 6) is 1.53. The molecule has 1 aromatic carbocycles. The molecule has 4 nitrogen and oxygen atoms in total. The number of nitrogens with two attached hydrogens (primary N) is 1. The minimum absolute atomic E-state index is 0.0494. The summed E-state index contributed by atoms with van der Waals surface area (Å²) in [4.78, 5) is 0. The lowest BCUT2D eigenvalue weighted by atomic mass is 10.0. The Morgan fingerprint density at radius 1 is 1.33 bits per heavy atom. The van der Waals surface area contributed by atoms with Crippen LogP contribution in [0.2, 0.25) is 0 Å². The van der Waals surface area contributed by atoms with Gasteiger partial charge in [-0.2, -0.15) is 0 Å². The standard InChI is InChI=1S/C11H15NO3/c12-9(2-1-5-13)8-3-4-10-11(6-8)15-7-14-10/h3-4,6,9,13H,1-2,5,7,12H2/t9-/m1/s1. The summed E-state index contributed by atoms with van der Waals surface area (Å²) < 4.78 is 10.5. The van der Waals surface area contributed by atoms with Gasteiger partial charge in [0.15, 0.2) is 11.5 Å². The monoisotopic (exact) mass is 209 g/mol. The van der Waals surface area contributed by atoms with Gasteiger partial charge in [-0.1, -0.05) is 6.07 Å². The predicted molar refractivity (Wildman–Crippen MR) is 55.8 cm³/mol. The van der Waals surface area contributed by atoms with E-state index in [4.69, 9.17) is 20.3 Å². The van der Waals surface area contributed by atoms with Crippen molar-refractivity contribution in [3.63, 3.8) is 0 Å². The lowest BCUT2D eigenvalue weighted by molar-refractivity contribution is 0.174. The van der Waals surface area contributed by atoms with Gasteiger partial charge in [-0.05, 0) is 30.5 Å². The van der Waals surface area contributed by atoms with Crippen molar-refractivity contribution >= 4 is 0 Å². The number of rotatable bonds is 4. The third-order valence-electron chi connectivity index (χ3n) is 2.50. The number of hydrogen-bond acceptors (Lipinski definition) is 4. The molecule has 15 heavy (non-hydrogen) atoms. The molecule has 1 aromatic rings. The molecule has 4 heteroatoms. The molecule has 1 heterocycles. The highest BCUT2D eigenvalue weighted by atomic mass is 16.7. The predicted octanol–water partition coefficient (Wildman–Crippen LogP) is 1.19. The minimum Gasteiger partial charge on any atom is -0.454 e. The summed E-state index contributed by atoms with van der Waals surface area (Å²) in [5.41, 5.74) is 6.99. The Kier molecular flexibility index (Phi) is 3.08. The van der Waals surface area contributed by atoms with E-state index in [9.17, 15) is 0 Å². The first-order chi connectivity index (χ1) is 7.31. The Hall–Kier alpha value is -1.26.